The van der Waals surface area contributed by atoms with E-state index in [1.165, 1.54) is 5.56 Å². The molecule has 0 atom stereocenters. The topological polar surface area (TPSA) is 18.8 Å². The number of rotatable bonds is 6. The highest BCUT2D eigenvalue weighted by atomic mass is 15.4. The van der Waals surface area contributed by atoms with Crippen molar-refractivity contribution in [3.8, 4) is 0 Å². The minimum atomic E-state index is 1.05. The number of hydrogen-bond donors (Lipinski definition) is 0. The van der Waals surface area contributed by atoms with Crippen molar-refractivity contribution < 1.29 is 0 Å². The van der Waals surface area contributed by atoms with Crippen LogP contribution in [0.15, 0.2) is 114 Å². The molecule has 0 unspecified atom stereocenters. The van der Waals surface area contributed by atoms with Gasteiger partial charge in [0, 0.05) is 24.1 Å². The van der Waals surface area contributed by atoms with Crippen LogP contribution in [0.4, 0.5) is 22.7 Å². The SMILES string of the molecule is Cc1ccc(N(C)N=Cc2ccc(N(c3ccccc3)c3ccccc3)cc2)cc1. The van der Waals surface area contributed by atoms with Crippen molar-refractivity contribution in [2.24, 2.45) is 5.10 Å². The highest BCUT2D eigenvalue weighted by Gasteiger charge is 2.11. The van der Waals surface area contributed by atoms with Crippen LogP contribution >= 0.6 is 0 Å². The summed E-state index contributed by atoms with van der Waals surface area (Å²) in [7, 11) is 1.96. The lowest BCUT2D eigenvalue weighted by Crippen LogP contribution is -2.10. The van der Waals surface area contributed by atoms with Crippen molar-refractivity contribution >= 4 is 29.0 Å². The molecule has 0 aromatic heterocycles. The van der Waals surface area contributed by atoms with Crippen molar-refractivity contribution in [1.29, 1.82) is 0 Å². The summed E-state index contributed by atoms with van der Waals surface area (Å²) in [5.41, 5.74) is 6.73. The zero-order chi connectivity index (χ0) is 20.8. The largest absolute Gasteiger partial charge is 0.311 e. The van der Waals surface area contributed by atoms with Crippen LogP contribution in [0.1, 0.15) is 11.1 Å². The Bertz CT molecular complexity index is 1050. The summed E-state index contributed by atoms with van der Waals surface area (Å²) in [5.74, 6) is 0. The molecule has 30 heavy (non-hydrogen) atoms. The summed E-state index contributed by atoms with van der Waals surface area (Å²) in [6.45, 7) is 2.09. The fourth-order valence-electron chi connectivity index (χ4n) is 3.29. The second-order valence-electron chi connectivity index (χ2n) is 7.20. The maximum atomic E-state index is 4.58. The number of hydrazone groups is 1. The van der Waals surface area contributed by atoms with Crippen LogP contribution in [0.25, 0.3) is 0 Å². The van der Waals surface area contributed by atoms with Crippen LogP contribution < -0.4 is 9.91 Å². The Morgan fingerprint density at radius 3 is 1.57 bits per heavy atom. The molecule has 0 radical (unpaired) electrons. The van der Waals surface area contributed by atoms with Crippen molar-refractivity contribution in [2.45, 2.75) is 6.92 Å². The molecule has 3 heteroatoms. The predicted octanol–water partition coefficient (Wildman–Crippen LogP) is 6.94. The Balaban J connectivity index is 1.57. The number of para-hydroxylation sites is 2. The molecule has 0 N–H and O–H groups in total. The fraction of sp³-hybridized carbons (Fsp3) is 0.0741. The van der Waals surface area contributed by atoms with E-state index >= 15 is 0 Å². The first kappa shape index (κ1) is 19.5. The Kier molecular flexibility index (Phi) is 5.90. The molecule has 3 nitrogen and oxygen atoms in total. The van der Waals surface area contributed by atoms with E-state index in [1.54, 1.807) is 0 Å². The standard InChI is InChI=1S/C27H25N3/c1-22-13-17-24(18-14-22)29(2)28-21-23-15-19-27(20-16-23)30(25-9-5-3-6-10-25)26-11-7-4-8-12-26/h3-21H,1-2H3. The Morgan fingerprint density at radius 2 is 1.03 bits per heavy atom. The number of benzene rings is 4. The van der Waals surface area contributed by atoms with Crippen LogP contribution in [0.3, 0.4) is 0 Å². The van der Waals surface area contributed by atoms with Gasteiger partial charge >= 0.3 is 0 Å². The van der Waals surface area contributed by atoms with Gasteiger partial charge in [-0.1, -0.05) is 66.2 Å². The highest BCUT2D eigenvalue weighted by molar-refractivity contribution is 5.83. The number of anilines is 4. The first-order chi connectivity index (χ1) is 14.7. The van der Waals surface area contributed by atoms with E-state index in [0.29, 0.717) is 0 Å². The smallest absolute Gasteiger partial charge is 0.0590 e. The molecule has 0 bridgehead atoms. The van der Waals surface area contributed by atoms with Gasteiger partial charge in [0.1, 0.15) is 0 Å². The Labute approximate surface area is 178 Å². The van der Waals surface area contributed by atoms with Gasteiger partial charge in [-0.25, -0.2) is 0 Å². The van der Waals surface area contributed by atoms with Crippen LogP contribution in [-0.4, -0.2) is 13.3 Å². The van der Waals surface area contributed by atoms with Gasteiger partial charge in [-0.2, -0.15) is 5.10 Å². The normalized spacial score (nSPS) is 10.9. The molecule has 0 saturated heterocycles. The molecule has 4 aromatic carbocycles. The molecule has 0 heterocycles. The fourth-order valence-corrected chi connectivity index (χ4v) is 3.29. The summed E-state index contributed by atoms with van der Waals surface area (Å²) in [6.07, 6.45) is 1.89. The van der Waals surface area contributed by atoms with Crippen molar-refractivity contribution in [3.05, 3.63) is 120 Å². The van der Waals surface area contributed by atoms with Gasteiger partial charge in [0.05, 0.1) is 11.9 Å². The van der Waals surface area contributed by atoms with Gasteiger partial charge in [-0.3, -0.25) is 5.01 Å². The molecule has 4 rings (SSSR count). The first-order valence-corrected chi connectivity index (χ1v) is 10.1. The maximum Gasteiger partial charge on any atom is 0.0590 e. The lowest BCUT2D eigenvalue weighted by Gasteiger charge is -2.25. The molecule has 4 aromatic rings. The molecular weight excluding hydrogens is 366 g/mol. The predicted molar refractivity (Wildman–Crippen MR) is 128 cm³/mol. The second-order valence-corrected chi connectivity index (χ2v) is 7.20. The Hall–Kier alpha value is -3.85. The molecule has 0 aliphatic carbocycles. The van der Waals surface area contributed by atoms with E-state index in [-0.39, 0.29) is 0 Å². The zero-order valence-electron chi connectivity index (χ0n) is 17.3. The van der Waals surface area contributed by atoms with Crippen LogP contribution in [-0.2, 0) is 0 Å². The number of nitrogens with zero attached hydrogens (tertiary/aromatic N) is 3. The van der Waals surface area contributed by atoms with Crippen molar-refractivity contribution in [1.82, 2.24) is 0 Å². The van der Waals surface area contributed by atoms with Crippen molar-refractivity contribution in [2.75, 3.05) is 17.0 Å². The summed E-state index contributed by atoms with van der Waals surface area (Å²) in [6, 6.07) is 37.6. The summed E-state index contributed by atoms with van der Waals surface area (Å²) < 4.78 is 0. The van der Waals surface area contributed by atoms with Gasteiger partial charge in [0.25, 0.3) is 0 Å². The molecule has 0 saturated carbocycles. The summed E-state index contributed by atoms with van der Waals surface area (Å²) in [5, 5.41) is 6.46. The summed E-state index contributed by atoms with van der Waals surface area (Å²) in [4.78, 5) is 2.25. The van der Waals surface area contributed by atoms with E-state index in [1.807, 2.05) is 30.4 Å². The van der Waals surface area contributed by atoms with Gasteiger partial charge in [0.2, 0.25) is 0 Å². The lowest BCUT2D eigenvalue weighted by atomic mass is 10.1. The average molecular weight is 392 g/mol. The third-order valence-electron chi connectivity index (χ3n) is 4.97. The molecule has 0 aliphatic heterocycles. The first-order valence-electron chi connectivity index (χ1n) is 10.1. The van der Waals surface area contributed by atoms with Crippen LogP contribution in [0, 0.1) is 6.92 Å². The van der Waals surface area contributed by atoms with Gasteiger partial charge in [-0.05, 0) is 61.0 Å². The van der Waals surface area contributed by atoms with Crippen LogP contribution in [0.2, 0.25) is 0 Å². The monoisotopic (exact) mass is 391 g/mol. The van der Waals surface area contributed by atoms with E-state index < -0.39 is 0 Å². The lowest BCUT2D eigenvalue weighted by molar-refractivity contribution is 1.02. The van der Waals surface area contributed by atoms with Gasteiger partial charge < -0.3 is 4.90 Å². The second kappa shape index (κ2) is 9.10. The molecule has 0 aliphatic rings. The zero-order valence-corrected chi connectivity index (χ0v) is 17.3. The minimum Gasteiger partial charge on any atom is -0.311 e. The number of hydrogen-bond acceptors (Lipinski definition) is 3. The molecule has 148 valence electrons. The third-order valence-corrected chi connectivity index (χ3v) is 4.97. The highest BCUT2D eigenvalue weighted by Crippen LogP contribution is 2.33. The molecule has 0 fully saturated rings. The average Bonchev–Trinajstić information content (AvgIpc) is 2.80. The Morgan fingerprint density at radius 1 is 0.567 bits per heavy atom. The van der Waals surface area contributed by atoms with E-state index in [4.69, 9.17) is 0 Å². The number of aryl methyl sites for hydroxylation is 1. The summed E-state index contributed by atoms with van der Waals surface area (Å²) >= 11 is 0. The molecular formula is C27H25N3. The minimum absolute atomic E-state index is 1.05. The quantitative estimate of drug-likeness (QED) is 0.262. The molecule has 0 spiro atoms. The van der Waals surface area contributed by atoms with E-state index in [9.17, 15) is 0 Å². The van der Waals surface area contributed by atoms with Gasteiger partial charge in [0.15, 0.2) is 0 Å². The maximum absolute atomic E-state index is 4.58. The van der Waals surface area contributed by atoms with Crippen LogP contribution in [0.5, 0.6) is 0 Å². The van der Waals surface area contributed by atoms with Gasteiger partial charge in [-0.15, -0.1) is 0 Å². The van der Waals surface area contributed by atoms with E-state index in [0.717, 1.165) is 28.3 Å². The molecule has 0 amide bonds. The third kappa shape index (κ3) is 4.58. The van der Waals surface area contributed by atoms with Crippen molar-refractivity contribution in [3.63, 3.8) is 0 Å². The van der Waals surface area contributed by atoms with E-state index in [2.05, 4.69) is 114 Å².